The summed E-state index contributed by atoms with van der Waals surface area (Å²) in [5.74, 6) is 0.580. The second-order valence-electron chi connectivity index (χ2n) is 5.49. The number of halogens is 2. The molecule has 20 heavy (non-hydrogen) atoms. The minimum atomic E-state index is 0. The largest absolute Gasteiger partial charge is 0.339 e. The van der Waals surface area contributed by atoms with Gasteiger partial charge >= 0.3 is 0 Å². The molecule has 1 atom stereocenters. The van der Waals surface area contributed by atoms with E-state index in [9.17, 15) is 4.79 Å². The van der Waals surface area contributed by atoms with Crippen molar-refractivity contribution in [2.45, 2.75) is 25.8 Å². The summed E-state index contributed by atoms with van der Waals surface area (Å²) in [6.45, 7) is 2.79. The number of piperidine rings is 1. The zero-order valence-corrected chi connectivity index (χ0v) is 14.0. The SMILES string of the molecule is CN(Cc1nccs1)C(=O)C1CC12CCNCC2.Cl.Cl. The highest BCUT2D eigenvalue weighted by Crippen LogP contribution is 2.59. The van der Waals surface area contributed by atoms with Gasteiger partial charge in [-0.2, -0.15) is 0 Å². The molecule has 0 aromatic carbocycles. The Morgan fingerprint density at radius 1 is 1.50 bits per heavy atom. The van der Waals surface area contributed by atoms with Gasteiger partial charge in [0.1, 0.15) is 5.01 Å². The maximum Gasteiger partial charge on any atom is 0.226 e. The molecule has 4 nitrogen and oxygen atoms in total. The summed E-state index contributed by atoms with van der Waals surface area (Å²) in [4.78, 5) is 18.5. The quantitative estimate of drug-likeness (QED) is 0.920. The van der Waals surface area contributed by atoms with Crippen LogP contribution in [0.3, 0.4) is 0 Å². The zero-order valence-electron chi connectivity index (χ0n) is 11.5. The maximum absolute atomic E-state index is 12.4. The fraction of sp³-hybridized carbons (Fsp3) is 0.692. The molecule has 7 heteroatoms. The van der Waals surface area contributed by atoms with E-state index in [2.05, 4.69) is 10.3 Å². The Bertz CT molecular complexity index is 435. The molecular formula is C13H21Cl2N3OS. The molecule has 1 N–H and O–H groups in total. The summed E-state index contributed by atoms with van der Waals surface area (Å²) >= 11 is 1.61. The second-order valence-corrected chi connectivity index (χ2v) is 6.47. The van der Waals surface area contributed by atoms with Crippen LogP contribution in [0.1, 0.15) is 24.3 Å². The van der Waals surface area contributed by atoms with Gasteiger partial charge in [0, 0.05) is 24.5 Å². The van der Waals surface area contributed by atoms with Gasteiger partial charge in [0.2, 0.25) is 5.91 Å². The molecule has 1 saturated carbocycles. The lowest BCUT2D eigenvalue weighted by atomic mass is 9.91. The lowest BCUT2D eigenvalue weighted by molar-refractivity contribution is -0.132. The van der Waals surface area contributed by atoms with E-state index in [0.29, 0.717) is 17.9 Å². The standard InChI is InChI=1S/C13H19N3OS.2ClH/c1-16(9-11-15-6-7-18-11)12(17)10-8-13(10)2-4-14-5-3-13;;/h6-7,10,14H,2-5,8-9H2,1H3;2*1H. The minimum absolute atomic E-state index is 0. The van der Waals surface area contributed by atoms with E-state index in [0.717, 1.165) is 37.4 Å². The average molecular weight is 338 g/mol. The number of rotatable bonds is 3. The number of aromatic nitrogens is 1. The lowest BCUT2D eigenvalue weighted by Gasteiger charge is -2.24. The van der Waals surface area contributed by atoms with Crippen LogP contribution in [0.25, 0.3) is 0 Å². The minimum Gasteiger partial charge on any atom is -0.339 e. The Labute approximate surface area is 136 Å². The van der Waals surface area contributed by atoms with E-state index < -0.39 is 0 Å². The van der Waals surface area contributed by atoms with Crippen molar-refractivity contribution in [3.63, 3.8) is 0 Å². The van der Waals surface area contributed by atoms with Crippen LogP contribution in [0, 0.1) is 11.3 Å². The van der Waals surface area contributed by atoms with E-state index >= 15 is 0 Å². The highest BCUT2D eigenvalue weighted by Gasteiger charge is 2.58. The smallest absolute Gasteiger partial charge is 0.226 e. The number of carbonyl (C=O) groups excluding carboxylic acids is 1. The summed E-state index contributed by atoms with van der Waals surface area (Å²) in [6, 6.07) is 0. The third-order valence-corrected chi connectivity index (χ3v) is 5.08. The monoisotopic (exact) mass is 337 g/mol. The van der Waals surface area contributed by atoms with Crippen LogP contribution in [0.15, 0.2) is 11.6 Å². The molecule has 2 aliphatic rings. The zero-order chi connectivity index (χ0) is 12.6. The molecule has 1 aliphatic carbocycles. The molecule has 114 valence electrons. The molecule has 3 rings (SSSR count). The van der Waals surface area contributed by atoms with Gasteiger partial charge in [-0.25, -0.2) is 4.98 Å². The Kier molecular flexibility index (Phi) is 6.25. The fourth-order valence-electron chi connectivity index (χ4n) is 3.05. The van der Waals surface area contributed by atoms with Crippen LogP contribution in [0.2, 0.25) is 0 Å². The first-order valence-corrected chi connectivity index (χ1v) is 7.43. The Morgan fingerprint density at radius 3 is 2.80 bits per heavy atom. The molecule has 1 amide bonds. The first-order valence-electron chi connectivity index (χ1n) is 6.55. The molecule has 0 radical (unpaired) electrons. The van der Waals surface area contributed by atoms with Crippen LogP contribution in [0.4, 0.5) is 0 Å². The molecule has 1 unspecified atom stereocenters. The van der Waals surface area contributed by atoms with Crippen LogP contribution in [0.5, 0.6) is 0 Å². The predicted molar refractivity (Wildman–Crippen MR) is 85.7 cm³/mol. The van der Waals surface area contributed by atoms with Gasteiger partial charge in [0.25, 0.3) is 0 Å². The summed E-state index contributed by atoms with van der Waals surface area (Å²) in [5, 5.41) is 6.35. The van der Waals surface area contributed by atoms with Crippen molar-refractivity contribution in [1.82, 2.24) is 15.2 Å². The first-order chi connectivity index (χ1) is 8.71. The van der Waals surface area contributed by atoms with Crippen molar-refractivity contribution in [2.24, 2.45) is 11.3 Å². The number of hydrogen-bond donors (Lipinski definition) is 1. The Morgan fingerprint density at radius 2 is 2.20 bits per heavy atom. The molecule has 2 heterocycles. The van der Waals surface area contributed by atoms with Crippen LogP contribution in [-0.2, 0) is 11.3 Å². The summed E-state index contributed by atoms with van der Waals surface area (Å²) in [7, 11) is 1.90. The number of nitrogens with zero attached hydrogens (tertiary/aromatic N) is 2. The third-order valence-electron chi connectivity index (χ3n) is 4.32. The van der Waals surface area contributed by atoms with Gasteiger partial charge in [-0.1, -0.05) is 0 Å². The number of nitrogens with one attached hydrogen (secondary N) is 1. The molecule has 1 aromatic rings. The van der Waals surface area contributed by atoms with Gasteiger partial charge in [-0.3, -0.25) is 4.79 Å². The fourth-order valence-corrected chi connectivity index (χ4v) is 3.72. The first kappa shape index (κ1) is 17.7. The Balaban J connectivity index is 0.000001000. The summed E-state index contributed by atoms with van der Waals surface area (Å²) in [6.07, 6.45) is 5.21. The van der Waals surface area contributed by atoms with Crippen LogP contribution < -0.4 is 5.32 Å². The highest BCUT2D eigenvalue weighted by molar-refractivity contribution is 7.09. The molecule has 2 fully saturated rings. The van der Waals surface area contributed by atoms with Gasteiger partial charge < -0.3 is 10.2 Å². The molecule has 0 bridgehead atoms. The molecule has 1 aromatic heterocycles. The van der Waals surface area contributed by atoms with E-state index in [1.165, 1.54) is 0 Å². The van der Waals surface area contributed by atoms with Gasteiger partial charge in [0.15, 0.2) is 0 Å². The van der Waals surface area contributed by atoms with Gasteiger partial charge in [-0.15, -0.1) is 36.2 Å². The third kappa shape index (κ3) is 3.45. The van der Waals surface area contributed by atoms with Crippen molar-refractivity contribution in [3.05, 3.63) is 16.6 Å². The topological polar surface area (TPSA) is 45.2 Å². The van der Waals surface area contributed by atoms with Crippen molar-refractivity contribution in [2.75, 3.05) is 20.1 Å². The van der Waals surface area contributed by atoms with E-state index in [1.54, 1.807) is 17.5 Å². The molecule has 1 saturated heterocycles. The molecular weight excluding hydrogens is 317 g/mol. The van der Waals surface area contributed by atoms with Gasteiger partial charge in [0.05, 0.1) is 6.54 Å². The Hall–Kier alpha value is -0.360. The normalized spacial score (nSPS) is 22.6. The van der Waals surface area contributed by atoms with E-state index in [4.69, 9.17) is 0 Å². The highest BCUT2D eigenvalue weighted by atomic mass is 35.5. The van der Waals surface area contributed by atoms with E-state index in [1.807, 2.05) is 17.3 Å². The van der Waals surface area contributed by atoms with Gasteiger partial charge in [-0.05, 0) is 37.8 Å². The maximum atomic E-state index is 12.4. The van der Waals surface area contributed by atoms with Crippen molar-refractivity contribution in [3.8, 4) is 0 Å². The predicted octanol–water partition coefficient (Wildman–Crippen LogP) is 2.33. The van der Waals surface area contributed by atoms with Crippen molar-refractivity contribution in [1.29, 1.82) is 0 Å². The van der Waals surface area contributed by atoms with Crippen LogP contribution >= 0.6 is 36.2 Å². The number of hydrogen-bond acceptors (Lipinski definition) is 4. The lowest BCUT2D eigenvalue weighted by Crippen LogP contribution is -2.34. The molecule has 1 spiro atoms. The van der Waals surface area contributed by atoms with Crippen LogP contribution in [-0.4, -0.2) is 35.9 Å². The second kappa shape index (κ2) is 7.07. The molecule has 1 aliphatic heterocycles. The van der Waals surface area contributed by atoms with Crippen molar-refractivity contribution >= 4 is 42.1 Å². The number of thiazole rings is 1. The number of amides is 1. The average Bonchev–Trinajstić information content (AvgIpc) is 2.84. The summed E-state index contributed by atoms with van der Waals surface area (Å²) in [5.41, 5.74) is 0.333. The van der Waals surface area contributed by atoms with E-state index in [-0.39, 0.29) is 30.7 Å². The van der Waals surface area contributed by atoms with Crippen molar-refractivity contribution < 1.29 is 4.79 Å². The summed E-state index contributed by atoms with van der Waals surface area (Å²) < 4.78 is 0. The number of carbonyl (C=O) groups is 1.